The topological polar surface area (TPSA) is 79.5 Å². The summed E-state index contributed by atoms with van der Waals surface area (Å²) >= 11 is 1.67. The van der Waals surface area contributed by atoms with Crippen LogP contribution in [0.4, 0.5) is 10.5 Å². The zero-order valence-electron chi connectivity index (χ0n) is 13.4. The Hall–Kier alpha value is -1.89. The first kappa shape index (κ1) is 18.2. The molecule has 0 bridgehead atoms. The fourth-order valence-corrected chi connectivity index (χ4v) is 1.84. The summed E-state index contributed by atoms with van der Waals surface area (Å²) in [7, 11) is 0. The van der Waals surface area contributed by atoms with Crippen molar-refractivity contribution in [3.8, 4) is 0 Å². The zero-order chi connectivity index (χ0) is 16.6. The van der Waals surface area contributed by atoms with Gasteiger partial charge >= 0.3 is 6.09 Å². The van der Waals surface area contributed by atoms with Crippen LogP contribution in [0.2, 0.25) is 0 Å². The fraction of sp³-hybridized carbons (Fsp3) is 0.467. The van der Waals surface area contributed by atoms with Crippen LogP contribution < -0.4 is 16.2 Å². The second-order valence-corrected chi connectivity index (χ2v) is 6.57. The first-order valence-corrected chi connectivity index (χ1v) is 8.33. The van der Waals surface area contributed by atoms with Crippen molar-refractivity contribution in [3.63, 3.8) is 0 Å². The molecule has 1 aromatic carbocycles. The van der Waals surface area contributed by atoms with Crippen LogP contribution in [0.5, 0.6) is 0 Å². The third-order valence-electron chi connectivity index (χ3n) is 2.42. The summed E-state index contributed by atoms with van der Waals surface area (Å²) in [5.74, 6) is 0.721. The second kappa shape index (κ2) is 8.53. The quantitative estimate of drug-likeness (QED) is 0.553. The first-order valence-electron chi connectivity index (χ1n) is 6.94. The molecule has 1 rings (SSSR count). The Morgan fingerprint density at radius 2 is 2.00 bits per heavy atom. The molecule has 0 heterocycles. The summed E-state index contributed by atoms with van der Waals surface area (Å²) in [6, 6.07) is 6.86. The monoisotopic (exact) mass is 325 g/mol. The molecular weight excluding hydrogens is 302 g/mol. The molecule has 0 aliphatic rings. The summed E-state index contributed by atoms with van der Waals surface area (Å²) in [6.07, 6.45) is 1.40. The van der Waals surface area contributed by atoms with Gasteiger partial charge in [-0.05, 0) is 45.2 Å². The number of anilines is 1. The molecule has 0 aliphatic heterocycles. The lowest BCUT2D eigenvalue weighted by Crippen LogP contribution is -2.35. The maximum atomic E-state index is 11.9. The molecule has 0 aliphatic carbocycles. The van der Waals surface area contributed by atoms with Crippen LogP contribution in [0.25, 0.3) is 0 Å². The minimum atomic E-state index is -0.581. The number of hydrazine groups is 1. The molecule has 0 aromatic heterocycles. The number of hydrogen-bond donors (Lipinski definition) is 3. The molecule has 22 heavy (non-hydrogen) atoms. The van der Waals surface area contributed by atoms with E-state index in [9.17, 15) is 9.59 Å². The highest BCUT2D eigenvalue weighted by Gasteiger charge is 2.15. The van der Waals surface area contributed by atoms with Gasteiger partial charge in [0, 0.05) is 17.9 Å². The largest absolute Gasteiger partial charge is 0.443 e. The standard InChI is InChI=1S/C15H23N3O3S/c1-15(2,3)21-14(20)18-17-12-7-5-6-11(10-12)13(19)16-8-9-22-4/h5-7,10,17H,8-9H2,1-4H3,(H,16,19)(H,18,20). The van der Waals surface area contributed by atoms with E-state index in [0.717, 1.165) is 5.75 Å². The van der Waals surface area contributed by atoms with Crippen molar-refractivity contribution in [3.05, 3.63) is 29.8 Å². The first-order chi connectivity index (χ1) is 10.3. The lowest BCUT2D eigenvalue weighted by molar-refractivity contribution is 0.0541. The van der Waals surface area contributed by atoms with Crippen molar-refractivity contribution < 1.29 is 14.3 Å². The van der Waals surface area contributed by atoms with Crippen molar-refractivity contribution >= 4 is 29.4 Å². The molecule has 0 radical (unpaired) electrons. The van der Waals surface area contributed by atoms with Crippen LogP contribution in [-0.4, -0.2) is 36.2 Å². The molecular formula is C15H23N3O3S. The van der Waals surface area contributed by atoms with Gasteiger partial charge < -0.3 is 10.1 Å². The van der Waals surface area contributed by atoms with Crippen LogP contribution in [0.3, 0.4) is 0 Å². The number of thioether (sulfide) groups is 1. The maximum absolute atomic E-state index is 11.9. The van der Waals surface area contributed by atoms with E-state index in [4.69, 9.17) is 4.74 Å². The lowest BCUT2D eigenvalue weighted by Gasteiger charge is -2.20. The third kappa shape index (κ3) is 7.21. The molecule has 2 amide bonds. The van der Waals surface area contributed by atoms with Crippen LogP contribution in [0, 0.1) is 0 Å². The fourth-order valence-electron chi connectivity index (χ4n) is 1.53. The number of rotatable bonds is 6. The number of benzene rings is 1. The summed E-state index contributed by atoms with van der Waals surface area (Å²) in [6.45, 7) is 5.97. The minimum Gasteiger partial charge on any atom is -0.443 e. The summed E-state index contributed by atoms with van der Waals surface area (Å²) < 4.78 is 5.11. The van der Waals surface area contributed by atoms with Gasteiger partial charge in [0.05, 0.1) is 5.69 Å². The molecule has 6 nitrogen and oxygen atoms in total. The van der Waals surface area contributed by atoms with Gasteiger partial charge in [-0.25, -0.2) is 10.2 Å². The van der Waals surface area contributed by atoms with Gasteiger partial charge in [0.1, 0.15) is 5.60 Å². The van der Waals surface area contributed by atoms with Gasteiger partial charge in [-0.15, -0.1) is 0 Å². The van der Waals surface area contributed by atoms with E-state index in [2.05, 4.69) is 16.2 Å². The van der Waals surface area contributed by atoms with Crippen molar-refractivity contribution in [1.29, 1.82) is 0 Å². The molecule has 122 valence electrons. The molecule has 1 aromatic rings. The van der Waals surface area contributed by atoms with Gasteiger partial charge in [-0.3, -0.25) is 10.2 Å². The van der Waals surface area contributed by atoms with Gasteiger partial charge in [0.2, 0.25) is 0 Å². The number of carbonyl (C=O) groups is 2. The van der Waals surface area contributed by atoms with E-state index in [-0.39, 0.29) is 5.91 Å². The van der Waals surface area contributed by atoms with Crippen molar-refractivity contribution in [2.75, 3.05) is 24.0 Å². The molecule has 0 atom stereocenters. The number of amides is 2. The number of ether oxygens (including phenoxy) is 1. The van der Waals surface area contributed by atoms with Gasteiger partial charge in [-0.1, -0.05) is 6.07 Å². The van der Waals surface area contributed by atoms with Gasteiger partial charge in [-0.2, -0.15) is 11.8 Å². The van der Waals surface area contributed by atoms with Crippen LogP contribution in [0.1, 0.15) is 31.1 Å². The van der Waals surface area contributed by atoms with Gasteiger partial charge in [0.25, 0.3) is 5.91 Å². The highest BCUT2D eigenvalue weighted by molar-refractivity contribution is 7.98. The molecule has 0 saturated carbocycles. The zero-order valence-corrected chi connectivity index (χ0v) is 14.2. The summed E-state index contributed by atoms with van der Waals surface area (Å²) in [5.41, 5.74) is 5.71. The molecule has 0 fully saturated rings. The Morgan fingerprint density at radius 3 is 2.64 bits per heavy atom. The normalized spacial score (nSPS) is 10.7. The highest BCUT2D eigenvalue weighted by Crippen LogP contribution is 2.10. The predicted octanol–water partition coefficient (Wildman–Crippen LogP) is 2.63. The number of hydrogen-bond acceptors (Lipinski definition) is 5. The number of nitrogens with one attached hydrogen (secondary N) is 3. The predicted molar refractivity (Wildman–Crippen MR) is 90.1 cm³/mol. The molecule has 3 N–H and O–H groups in total. The molecule has 0 saturated heterocycles. The second-order valence-electron chi connectivity index (χ2n) is 5.58. The number of carbonyl (C=O) groups excluding carboxylic acids is 2. The van der Waals surface area contributed by atoms with E-state index in [1.165, 1.54) is 0 Å². The van der Waals surface area contributed by atoms with Gasteiger partial charge in [0.15, 0.2) is 0 Å². The van der Waals surface area contributed by atoms with E-state index in [0.29, 0.717) is 17.8 Å². The van der Waals surface area contributed by atoms with Crippen LogP contribution >= 0.6 is 11.8 Å². The molecule has 0 spiro atoms. The van der Waals surface area contributed by atoms with Crippen LogP contribution in [-0.2, 0) is 4.74 Å². The van der Waals surface area contributed by atoms with E-state index in [1.54, 1.807) is 56.8 Å². The smallest absolute Gasteiger partial charge is 0.426 e. The SMILES string of the molecule is CSCCNC(=O)c1cccc(NNC(=O)OC(C)(C)C)c1. The molecule has 0 unspecified atom stereocenters. The van der Waals surface area contributed by atoms with Crippen molar-refractivity contribution in [2.45, 2.75) is 26.4 Å². The Labute approximate surface area is 135 Å². The summed E-state index contributed by atoms with van der Waals surface area (Å²) in [5, 5.41) is 2.82. The third-order valence-corrected chi connectivity index (χ3v) is 3.04. The Kier molecular flexibility index (Phi) is 7.04. The lowest BCUT2D eigenvalue weighted by atomic mass is 10.2. The van der Waals surface area contributed by atoms with Crippen molar-refractivity contribution in [2.24, 2.45) is 0 Å². The Bertz CT molecular complexity index is 515. The molecule has 7 heteroatoms. The average Bonchev–Trinajstić information content (AvgIpc) is 2.44. The van der Waals surface area contributed by atoms with E-state index >= 15 is 0 Å². The maximum Gasteiger partial charge on any atom is 0.426 e. The summed E-state index contributed by atoms with van der Waals surface area (Å²) in [4.78, 5) is 23.5. The Balaban J connectivity index is 2.53. The van der Waals surface area contributed by atoms with Crippen LogP contribution in [0.15, 0.2) is 24.3 Å². The average molecular weight is 325 g/mol. The van der Waals surface area contributed by atoms with E-state index < -0.39 is 11.7 Å². The Morgan fingerprint density at radius 1 is 1.27 bits per heavy atom. The highest BCUT2D eigenvalue weighted by atomic mass is 32.2. The minimum absolute atomic E-state index is 0.144. The van der Waals surface area contributed by atoms with E-state index in [1.807, 2.05) is 6.26 Å². The van der Waals surface area contributed by atoms with Crippen molar-refractivity contribution in [1.82, 2.24) is 10.7 Å².